The van der Waals surface area contributed by atoms with Crippen LogP contribution in [0.5, 0.6) is 0 Å². The molecule has 0 saturated heterocycles. The van der Waals surface area contributed by atoms with Crippen molar-refractivity contribution in [1.82, 2.24) is 0 Å². The molecule has 3 nitrogen and oxygen atoms in total. The Morgan fingerprint density at radius 2 is 2.25 bits per heavy atom. The summed E-state index contributed by atoms with van der Waals surface area (Å²) in [5.74, 6) is -0.871. The maximum atomic E-state index is 12.9. The van der Waals surface area contributed by atoms with Crippen LogP contribution in [0.15, 0.2) is 23.4 Å². The first kappa shape index (κ1) is 8.80. The number of oxime groups is 1. The average molecular weight is 189 g/mol. The highest BCUT2D eigenvalue weighted by Crippen LogP contribution is 2.14. The third-order valence-corrected chi connectivity index (χ3v) is 1.55. The highest BCUT2D eigenvalue weighted by atomic mass is 35.5. The topological polar surface area (TPSA) is 58.6 Å². The second-order valence-electron chi connectivity index (χ2n) is 2.11. The quantitative estimate of drug-likeness (QED) is 0.304. The van der Waals surface area contributed by atoms with Crippen LogP contribution in [0, 0.1) is 5.82 Å². The van der Waals surface area contributed by atoms with E-state index >= 15 is 0 Å². The van der Waals surface area contributed by atoms with Crippen LogP contribution in [-0.4, -0.2) is 11.0 Å². The van der Waals surface area contributed by atoms with Crippen molar-refractivity contribution in [2.75, 3.05) is 0 Å². The Morgan fingerprint density at radius 3 is 2.83 bits per heavy atom. The molecular formula is C7H6ClFN2O. The standard InChI is InChI=1S/C7H6ClFN2O/c8-4-1-2-6(9)5(3-4)7(10)11-12/h1-3,12H,(H2,10,11). The highest BCUT2D eigenvalue weighted by Gasteiger charge is 2.06. The van der Waals surface area contributed by atoms with Gasteiger partial charge in [-0.25, -0.2) is 4.39 Å². The third kappa shape index (κ3) is 1.65. The van der Waals surface area contributed by atoms with Crippen LogP contribution in [0.1, 0.15) is 5.56 Å². The monoisotopic (exact) mass is 188 g/mol. The summed E-state index contributed by atoms with van der Waals surface area (Å²) >= 11 is 5.56. The van der Waals surface area contributed by atoms with Gasteiger partial charge in [0.25, 0.3) is 0 Å². The number of hydrogen-bond donors (Lipinski definition) is 2. The van der Waals surface area contributed by atoms with E-state index in [1.807, 2.05) is 0 Å². The molecule has 0 aliphatic rings. The predicted octanol–water partition coefficient (Wildman–Crippen LogP) is 1.57. The predicted molar refractivity (Wildman–Crippen MR) is 43.9 cm³/mol. The maximum Gasteiger partial charge on any atom is 0.173 e. The van der Waals surface area contributed by atoms with Crippen molar-refractivity contribution < 1.29 is 9.60 Å². The van der Waals surface area contributed by atoms with E-state index in [-0.39, 0.29) is 11.4 Å². The van der Waals surface area contributed by atoms with Crippen molar-refractivity contribution in [2.24, 2.45) is 10.9 Å². The van der Waals surface area contributed by atoms with Gasteiger partial charge in [0.15, 0.2) is 5.84 Å². The lowest BCUT2D eigenvalue weighted by molar-refractivity contribution is 0.318. The van der Waals surface area contributed by atoms with Gasteiger partial charge in [-0.1, -0.05) is 16.8 Å². The molecule has 1 rings (SSSR count). The van der Waals surface area contributed by atoms with Gasteiger partial charge in [0.1, 0.15) is 5.82 Å². The Bertz CT molecular complexity index is 327. The molecule has 12 heavy (non-hydrogen) atoms. The van der Waals surface area contributed by atoms with Gasteiger partial charge in [0, 0.05) is 5.02 Å². The van der Waals surface area contributed by atoms with E-state index in [1.165, 1.54) is 12.1 Å². The Morgan fingerprint density at radius 1 is 1.58 bits per heavy atom. The van der Waals surface area contributed by atoms with Crippen molar-refractivity contribution in [3.63, 3.8) is 0 Å². The largest absolute Gasteiger partial charge is 0.409 e. The van der Waals surface area contributed by atoms with E-state index < -0.39 is 5.82 Å². The minimum absolute atomic E-state index is 0.00926. The summed E-state index contributed by atoms with van der Waals surface area (Å²) in [7, 11) is 0. The molecule has 0 amide bonds. The molecule has 1 aromatic rings. The Labute approximate surface area is 73.2 Å². The molecule has 64 valence electrons. The molecule has 0 aromatic heterocycles. The molecule has 0 aliphatic carbocycles. The fraction of sp³-hybridized carbons (Fsp3) is 0. The molecular weight excluding hydrogens is 183 g/mol. The Balaban J connectivity index is 3.23. The van der Waals surface area contributed by atoms with Gasteiger partial charge in [-0.2, -0.15) is 0 Å². The minimum Gasteiger partial charge on any atom is -0.409 e. The van der Waals surface area contributed by atoms with Gasteiger partial charge in [-0.15, -0.1) is 0 Å². The van der Waals surface area contributed by atoms with E-state index in [9.17, 15) is 4.39 Å². The van der Waals surface area contributed by atoms with Gasteiger partial charge in [0.2, 0.25) is 0 Å². The summed E-state index contributed by atoms with van der Waals surface area (Å²) in [6.07, 6.45) is 0. The van der Waals surface area contributed by atoms with Gasteiger partial charge in [0.05, 0.1) is 5.56 Å². The zero-order chi connectivity index (χ0) is 9.14. The third-order valence-electron chi connectivity index (χ3n) is 1.31. The van der Waals surface area contributed by atoms with Crippen molar-refractivity contribution in [3.05, 3.63) is 34.6 Å². The van der Waals surface area contributed by atoms with Crippen LogP contribution >= 0.6 is 11.6 Å². The molecule has 0 bridgehead atoms. The van der Waals surface area contributed by atoms with E-state index in [0.29, 0.717) is 5.02 Å². The zero-order valence-corrected chi connectivity index (χ0v) is 6.72. The molecule has 0 unspecified atom stereocenters. The summed E-state index contributed by atoms with van der Waals surface area (Å²) < 4.78 is 12.9. The van der Waals surface area contributed by atoms with Crippen molar-refractivity contribution in [3.8, 4) is 0 Å². The lowest BCUT2D eigenvalue weighted by Crippen LogP contribution is -2.14. The molecule has 5 heteroatoms. The SMILES string of the molecule is NC(=NO)c1cc(Cl)ccc1F. The molecule has 0 heterocycles. The lowest BCUT2D eigenvalue weighted by atomic mass is 10.2. The van der Waals surface area contributed by atoms with Gasteiger partial charge in [-0.05, 0) is 18.2 Å². The van der Waals surface area contributed by atoms with Crippen LogP contribution in [0.25, 0.3) is 0 Å². The minimum atomic E-state index is -0.574. The first-order valence-corrected chi connectivity index (χ1v) is 3.46. The maximum absolute atomic E-state index is 12.9. The van der Waals surface area contributed by atoms with Gasteiger partial charge < -0.3 is 10.9 Å². The fourth-order valence-electron chi connectivity index (χ4n) is 0.748. The Hall–Kier alpha value is -1.29. The van der Waals surface area contributed by atoms with E-state index in [2.05, 4.69) is 5.16 Å². The van der Waals surface area contributed by atoms with Crippen molar-refractivity contribution in [1.29, 1.82) is 0 Å². The summed E-state index contributed by atoms with van der Waals surface area (Å²) in [6, 6.07) is 3.81. The normalized spacial score (nSPS) is 11.7. The van der Waals surface area contributed by atoms with E-state index in [0.717, 1.165) is 6.07 Å². The van der Waals surface area contributed by atoms with Gasteiger partial charge in [-0.3, -0.25) is 0 Å². The number of hydrogen-bond acceptors (Lipinski definition) is 2. The zero-order valence-electron chi connectivity index (χ0n) is 5.96. The molecule has 3 N–H and O–H groups in total. The number of benzene rings is 1. The van der Waals surface area contributed by atoms with Crippen LogP contribution in [0.2, 0.25) is 5.02 Å². The molecule has 0 atom stereocenters. The van der Waals surface area contributed by atoms with Crippen LogP contribution in [0.3, 0.4) is 0 Å². The highest BCUT2D eigenvalue weighted by molar-refractivity contribution is 6.31. The average Bonchev–Trinajstić information content (AvgIpc) is 2.08. The van der Waals surface area contributed by atoms with Crippen molar-refractivity contribution >= 4 is 17.4 Å². The van der Waals surface area contributed by atoms with Crippen LogP contribution < -0.4 is 5.73 Å². The van der Waals surface area contributed by atoms with Crippen LogP contribution in [0.4, 0.5) is 4.39 Å². The summed E-state index contributed by atoms with van der Waals surface area (Å²) in [5.41, 5.74) is 5.16. The second-order valence-corrected chi connectivity index (χ2v) is 2.55. The number of rotatable bonds is 1. The summed E-state index contributed by atoms with van der Waals surface area (Å²) in [5, 5.41) is 11.2. The second kappa shape index (κ2) is 3.40. The van der Waals surface area contributed by atoms with Crippen molar-refractivity contribution in [2.45, 2.75) is 0 Å². The van der Waals surface area contributed by atoms with Crippen LogP contribution in [-0.2, 0) is 0 Å². The number of amidine groups is 1. The molecule has 0 fully saturated rings. The first-order chi connectivity index (χ1) is 5.65. The molecule has 0 aliphatic heterocycles. The molecule has 0 spiro atoms. The molecule has 0 saturated carbocycles. The summed E-state index contributed by atoms with van der Waals surface area (Å²) in [6.45, 7) is 0. The molecule has 1 aromatic carbocycles. The number of nitrogens with zero attached hydrogens (tertiary/aromatic N) is 1. The molecule has 0 radical (unpaired) electrons. The van der Waals surface area contributed by atoms with Gasteiger partial charge >= 0.3 is 0 Å². The van der Waals surface area contributed by atoms with E-state index in [4.69, 9.17) is 22.5 Å². The number of nitrogens with two attached hydrogens (primary N) is 1. The smallest absolute Gasteiger partial charge is 0.173 e. The Kier molecular flexibility index (Phi) is 2.50. The lowest BCUT2D eigenvalue weighted by Gasteiger charge is -2.00. The first-order valence-electron chi connectivity index (χ1n) is 3.08. The van der Waals surface area contributed by atoms with E-state index in [1.54, 1.807) is 0 Å². The number of halogens is 2. The summed E-state index contributed by atoms with van der Waals surface area (Å²) in [4.78, 5) is 0. The fourth-order valence-corrected chi connectivity index (χ4v) is 0.920.